The van der Waals surface area contributed by atoms with Crippen molar-refractivity contribution >= 4 is 5.91 Å². The molecule has 116 valence electrons. The van der Waals surface area contributed by atoms with Gasteiger partial charge in [-0.2, -0.15) is 0 Å². The van der Waals surface area contributed by atoms with Crippen LogP contribution < -0.4 is 10.5 Å². The molecule has 1 heterocycles. The van der Waals surface area contributed by atoms with Gasteiger partial charge in [-0.1, -0.05) is 26.0 Å². The molecule has 4 nitrogen and oxygen atoms in total. The Labute approximate surface area is 127 Å². The molecule has 21 heavy (non-hydrogen) atoms. The molecular formula is C17H26N2O2. The van der Waals surface area contributed by atoms with Crippen molar-refractivity contribution in [2.45, 2.75) is 38.6 Å². The van der Waals surface area contributed by atoms with E-state index >= 15 is 0 Å². The minimum Gasteiger partial charge on any atom is -0.497 e. The number of nitrogens with zero attached hydrogens (tertiary/aromatic N) is 1. The van der Waals surface area contributed by atoms with Crippen molar-refractivity contribution in [2.75, 3.05) is 20.2 Å². The predicted octanol–water partition coefficient (Wildman–Crippen LogP) is 2.38. The molecule has 4 heteroatoms. The summed E-state index contributed by atoms with van der Waals surface area (Å²) >= 11 is 0. The number of nitrogens with two attached hydrogens (primary N) is 1. The van der Waals surface area contributed by atoms with Gasteiger partial charge in [-0.05, 0) is 30.0 Å². The number of likely N-dealkylation sites (tertiary alicyclic amines) is 1. The Hall–Kier alpha value is -1.55. The average molecular weight is 290 g/mol. The number of carbonyl (C=O) groups excluding carboxylic acids is 1. The van der Waals surface area contributed by atoms with Gasteiger partial charge in [-0.15, -0.1) is 0 Å². The summed E-state index contributed by atoms with van der Waals surface area (Å²) in [5.74, 6) is 1.77. The van der Waals surface area contributed by atoms with Gasteiger partial charge in [0.2, 0.25) is 5.91 Å². The molecule has 2 unspecified atom stereocenters. The highest BCUT2D eigenvalue weighted by Crippen LogP contribution is 2.28. The highest BCUT2D eigenvalue weighted by Gasteiger charge is 2.29. The van der Waals surface area contributed by atoms with Crippen LogP contribution in [0, 0.1) is 5.92 Å². The lowest BCUT2D eigenvalue weighted by Gasteiger charge is -2.37. The molecule has 0 saturated carbocycles. The number of hydrogen-bond acceptors (Lipinski definition) is 3. The Morgan fingerprint density at radius 3 is 2.57 bits per heavy atom. The van der Waals surface area contributed by atoms with E-state index in [2.05, 4.69) is 26.0 Å². The normalized spacial score (nSPS) is 22.4. The second kappa shape index (κ2) is 6.94. The maximum absolute atomic E-state index is 12.3. The van der Waals surface area contributed by atoms with E-state index in [1.54, 1.807) is 7.11 Å². The summed E-state index contributed by atoms with van der Waals surface area (Å²) in [5, 5.41) is 0. The van der Waals surface area contributed by atoms with Gasteiger partial charge in [0.1, 0.15) is 5.75 Å². The molecule has 2 rings (SSSR count). The molecule has 1 aromatic carbocycles. The highest BCUT2D eigenvalue weighted by molar-refractivity contribution is 5.76. The van der Waals surface area contributed by atoms with E-state index in [4.69, 9.17) is 10.5 Å². The van der Waals surface area contributed by atoms with Crippen LogP contribution in [0.5, 0.6) is 5.75 Å². The second-order valence-electron chi connectivity index (χ2n) is 6.36. The molecule has 1 aromatic rings. The maximum atomic E-state index is 12.3. The van der Waals surface area contributed by atoms with Crippen molar-refractivity contribution in [2.24, 2.45) is 11.7 Å². The van der Waals surface area contributed by atoms with E-state index in [1.165, 1.54) is 5.56 Å². The predicted molar refractivity (Wildman–Crippen MR) is 84.4 cm³/mol. The Morgan fingerprint density at radius 1 is 1.33 bits per heavy atom. The molecule has 0 aliphatic carbocycles. The second-order valence-corrected chi connectivity index (χ2v) is 6.36. The van der Waals surface area contributed by atoms with Crippen LogP contribution in [-0.2, 0) is 4.79 Å². The quantitative estimate of drug-likeness (QED) is 0.926. The number of rotatable bonds is 4. The Kier molecular flexibility index (Phi) is 5.23. The molecule has 2 N–H and O–H groups in total. The van der Waals surface area contributed by atoms with Crippen molar-refractivity contribution < 1.29 is 9.53 Å². The van der Waals surface area contributed by atoms with Crippen LogP contribution in [0.15, 0.2) is 24.3 Å². The molecule has 0 spiro atoms. The van der Waals surface area contributed by atoms with Crippen LogP contribution in [0.4, 0.5) is 0 Å². The molecule has 0 radical (unpaired) electrons. The van der Waals surface area contributed by atoms with Gasteiger partial charge in [-0.25, -0.2) is 0 Å². The van der Waals surface area contributed by atoms with Crippen LogP contribution in [0.2, 0.25) is 0 Å². The molecule has 1 aliphatic heterocycles. The fourth-order valence-electron chi connectivity index (χ4n) is 2.94. The minimum atomic E-state index is 0.0574. The van der Waals surface area contributed by atoms with Gasteiger partial charge in [0.05, 0.1) is 7.11 Å². The van der Waals surface area contributed by atoms with Gasteiger partial charge >= 0.3 is 0 Å². The molecule has 0 bridgehead atoms. The fraction of sp³-hybridized carbons (Fsp3) is 0.588. The minimum absolute atomic E-state index is 0.0574. The van der Waals surface area contributed by atoms with Crippen LogP contribution in [0.25, 0.3) is 0 Å². The third-order valence-corrected chi connectivity index (χ3v) is 4.01. The number of piperidine rings is 1. The summed E-state index contributed by atoms with van der Waals surface area (Å²) in [6, 6.07) is 8.15. The van der Waals surface area contributed by atoms with Crippen molar-refractivity contribution in [3.8, 4) is 5.75 Å². The summed E-state index contributed by atoms with van der Waals surface area (Å²) in [5.41, 5.74) is 7.39. The fourth-order valence-corrected chi connectivity index (χ4v) is 2.94. The Bertz CT molecular complexity index is 470. The summed E-state index contributed by atoms with van der Waals surface area (Å²) in [7, 11) is 1.66. The van der Waals surface area contributed by atoms with Crippen molar-refractivity contribution in [1.82, 2.24) is 4.90 Å². The number of benzene rings is 1. The largest absolute Gasteiger partial charge is 0.497 e. The van der Waals surface area contributed by atoms with E-state index in [0.29, 0.717) is 24.8 Å². The van der Waals surface area contributed by atoms with Gasteiger partial charge in [0.25, 0.3) is 0 Å². The van der Waals surface area contributed by atoms with E-state index in [-0.39, 0.29) is 11.9 Å². The molecule has 1 aliphatic rings. The monoisotopic (exact) mass is 290 g/mol. The zero-order valence-electron chi connectivity index (χ0n) is 13.2. The van der Waals surface area contributed by atoms with Crippen LogP contribution in [-0.4, -0.2) is 37.0 Å². The van der Waals surface area contributed by atoms with Crippen LogP contribution >= 0.6 is 0 Å². The molecule has 1 saturated heterocycles. The highest BCUT2D eigenvalue weighted by atomic mass is 16.5. The van der Waals surface area contributed by atoms with E-state index < -0.39 is 0 Å². The van der Waals surface area contributed by atoms with Gasteiger partial charge in [-0.3, -0.25) is 4.79 Å². The topological polar surface area (TPSA) is 55.6 Å². The van der Waals surface area contributed by atoms with Gasteiger partial charge in [0.15, 0.2) is 0 Å². The molecule has 1 fully saturated rings. The van der Waals surface area contributed by atoms with Crippen LogP contribution in [0.3, 0.4) is 0 Å². The first kappa shape index (κ1) is 15.8. The summed E-state index contributed by atoms with van der Waals surface area (Å²) < 4.78 is 5.19. The third kappa shape index (κ3) is 4.21. The average Bonchev–Trinajstić information content (AvgIpc) is 2.46. The van der Waals surface area contributed by atoms with Gasteiger partial charge < -0.3 is 15.4 Å². The number of ether oxygens (including phenoxy) is 1. The summed E-state index contributed by atoms with van der Waals surface area (Å²) in [6.45, 7) is 5.59. The van der Waals surface area contributed by atoms with Gasteiger partial charge in [0, 0.05) is 31.5 Å². The third-order valence-electron chi connectivity index (χ3n) is 4.01. The molecule has 0 aromatic heterocycles. The first-order valence-corrected chi connectivity index (χ1v) is 7.67. The van der Waals surface area contributed by atoms with Crippen molar-refractivity contribution in [1.29, 1.82) is 0 Å². The summed E-state index contributed by atoms with van der Waals surface area (Å²) in [4.78, 5) is 14.2. The zero-order valence-corrected chi connectivity index (χ0v) is 13.2. The van der Waals surface area contributed by atoms with E-state index in [1.807, 2.05) is 17.0 Å². The number of hydrogen-bond donors (Lipinski definition) is 1. The lowest BCUT2D eigenvalue weighted by Crippen LogP contribution is -2.48. The first-order chi connectivity index (χ1) is 9.99. The zero-order chi connectivity index (χ0) is 15.4. The van der Waals surface area contributed by atoms with Crippen molar-refractivity contribution in [3.63, 3.8) is 0 Å². The SMILES string of the molecule is COc1ccc(C2CC(N)CN(C(=O)CC(C)C)C2)cc1. The lowest BCUT2D eigenvalue weighted by atomic mass is 9.88. The Balaban J connectivity index is 2.07. The van der Waals surface area contributed by atoms with E-state index in [0.717, 1.165) is 18.7 Å². The number of carbonyl (C=O) groups is 1. The summed E-state index contributed by atoms with van der Waals surface area (Å²) in [6.07, 6.45) is 1.53. The van der Waals surface area contributed by atoms with Crippen molar-refractivity contribution in [3.05, 3.63) is 29.8 Å². The Morgan fingerprint density at radius 2 is 2.00 bits per heavy atom. The van der Waals surface area contributed by atoms with Crippen LogP contribution in [0.1, 0.15) is 38.2 Å². The lowest BCUT2D eigenvalue weighted by molar-refractivity contribution is -0.133. The first-order valence-electron chi connectivity index (χ1n) is 7.67. The molecule has 2 atom stereocenters. The van der Waals surface area contributed by atoms with E-state index in [9.17, 15) is 4.79 Å². The molecular weight excluding hydrogens is 264 g/mol. The standard InChI is InChI=1S/C17H26N2O2/c1-12(2)8-17(20)19-10-14(9-15(18)11-19)13-4-6-16(21-3)7-5-13/h4-7,12,14-15H,8-11,18H2,1-3H3. The maximum Gasteiger partial charge on any atom is 0.222 e. The number of amides is 1. The molecule has 1 amide bonds. The number of methoxy groups -OCH3 is 1. The smallest absolute Gasteiger partial charge is 0.222 e.